The van der Waals surface area contributed by atoms with E-state index in [-0.39, 0.29) is 23.2 Å². The van der Waals surface area contributed by atoms with Crippen molar-refractivity contribution >= 4 is 11.6 Å². The molecular weight excluding hydrogens is 270 g/mol. The van der Waals surface area contributed by atoms with Crippen LogP contribution in [0.3, 0.4) is 0 Å². The molecule has 0 aliphatic heterocycles. The summed E-state index contributed by atoms with van der Waals surface area (Å²) in [6.45, 7) is 4.31. The lowest BCUT2D eigenvalue weighted by atomic mass is 10.1. The van der Waals surface area contributed by atoms with Crippen LogP contribution in [0.2, 0.25) is 5.15 Å². The van der Waals surface area contributed by atoms with Crippen molar-refractivity contribution in [3.8, 4) is 0 Å². The zero-order valence-corrected chi connectivity index (χ0v) is 11.4. The molecule has 0 saturated carbocycles. The number of hydrogen-bond acceptors (Lipinski definition) is 4. The van der Waals surface area contributed by atoms with Crippen molar-refractivity contribution in [3.05, 3.63) is 43.9 Å². The highest BCUT2D eigenvalue weighted by atomic mass is 35.5. The molecule has 2 aromatic rings. The predicted octanol–water partition coefficient (Wildman–Crippen LogP) is 0.605. The Morgan fingerprint density at radius 2 is 2.11 bits per heavy atom. The molecule has 0 aliphatic rings. The minimum atomic E-state index is -0.514. The molecule has 0 aliphatic carbocycles. The topological polar surface area (TPSA) is 85.6 Å². The van der Waals surface area contributed by atoms with Gasteiger partial charge in [0.2, 0.25) is 0 Å². The minimum absolute atomic E-state index is 0.0607. The van der Waals surface area contributed by atoms with Gasteiger partial charge in [0, 0.05) is 6.20 Å². The summed E-state index contributed by atoms with van der Waals surface area (Å²) in [4.78, 5) is 26.5. The quantitative estimate of drug-likeness (QED) is 0.833. The molecule has 0 unspecified atom stereocenters. The van der Waals surface area contributed by atoms with Crippen molar-refractivity contribution in [2.45, 2.75) is 32.9 Å². The van der Waals surface area contributed by atoms with Crippen LogP contribution in [0.1, 0.15) is 25.3 Å². The largest absolute Gasteiger partial charge is 0.329 e. The molecular formula is C11H14ClN5O2. The van der Waals surface area contributed by atoms with Crippen LogP contribution < -0.4 is 11.2 Å². The molecule has 0 radical (unpaired) electrons. The molecule has 8 heteroatoms. The maximum absolute atomic E-state index is 12.2. The van der Waals surface area contributed by atoms with Crippen molar-refractivity contribution in [2.24, 2.45) is 0 Å². The van der Waals surface area contributed by atoms with E-state index in [0.29, 0.717) is 12.1 Å². The zero-order chi connectivity index (χ0) is 14.0. The van der Waals surface area contributed by atoms with Gasteiger partial charge < -0.3 is 0 Å². The molecule has 19 heavy (non-hydrogen) atoms. The van der Waals surface area contributed by atoms with Crippen molar-refractivity contribution in [1.29, 1.82) is 0 Å². The van der Waals surface area contributed by atoms with Crippen molar-refractivity contribution in [3.63, 3.8) is 0 Å². The first kappa shape index (κ1) is 13.5. The molecule has 2 aromatic heterocycles. The lowest BCUT2D eigenvalue weighted by molar-refractivity contribution is 0.493. The number of aromatic amines is 1. The summed E-state index contributed by atoms with van der Waals surface area (Å²) in [7, 11) is 0. The highest BCUT2D eigenvalue weighted by Crippen LogP contribution is 2.16. The van der Waals surface area contributed by atoms with E-state index in [1.807, 2.05) is 13.8 Å². The van der Waals surface area contributed by atoms with Gasteiger partial charge in [-0.1, -0.05) is 30.7 Å². The molecule has 0 saturated heterocycles. The first-order valence-electron chi connectivity index (χ1n) is 5.87. The van der Waals surface area contributed by atoms with Crippen LogP contribution >= 0.6 is 11.6 Å². The van der Waals surface area contributed by atoms with E-state index in [1.54, 1.807) is 10.9 Å². The standard InChI is InChI=1S/C11H14ClN5O2/c1-7(2)8-9(12)14-11(19)17(10(8)18)6-5-16-4-3-13-15-16/h3-4,7H,5-6H2,1-2H3,(H,14,19). The normalized spacial score (nSPS) is 11.2. The van der Waals surface area contributed by atoms with Crippen LogP contribution in [-0.4, -0.2) is 24.5 Å². The highest BCUT2D eigenvalue weighted by Gasteiger charge is 2.15. The Labute approximate surface area is 113 Å². The smallest absolute Gasteiger partial charge is 0.297 e. The van der Waals surface area contributed by atoms with E-state index >= 15 is 0 Å². The molecule has 2 heterocycles. The molecule has 0 atom stereocenters. The minimum Gasteiger partial charge on any atom is -0.297 e. The third-order valence-corrected chi connectivity index (χ3v) is 3.07. The molecule has 0 bridgehead atoms. The number of rotatable bonds is 4. The van der Waals surface area contributed by atoms with Gasteiger partial charge in [-0.05, 0) is 5.92 Å². The maximum atomic E-state index is 12.2. The monoisotopic (exact) mass is 283 g/mol. The Hall–Kier alpha value is -1.89. The number of aryl methyl sites for hydroxylation is 1. The summed E-state index contributed by atoms with van der Waals surface area (Å²) in [6.07, 6.45) is 3.20. The van der Waals surface area contributed by atoms with Crippen molar-refractivity contribution in [2.75, 3.05) is 0 Å². The van der Waals surface area contributed by atoms with Gasteiger partial charge >= 0.3 is 5.69 Å². The van der Waals surface area contributed by atoms with E-state index in [1.165, 1.54) is 6.20 Å². The Bertz CT molecular complexity index is 671. The van der Waals surface area contributed by atoms with Gasteiger partial charge in [-0.25, -0.2) is 4.79 Å². The fourth-order valence-corrected chi connectivity index (χ4v) is 2.20. The SMILES string of the molecule is CC(C)c1c(Cl)[nH]c(=O)n(CCn2ccnn2)c1=O. The fourth-order valence-electron chi connectivity index (χ4n) is 1.82. The zero-order valence-electron chi connectivity index (χ0n) is 10.6. The van der Waals surface area contributed by atoms with Gasteiger partial charge in [0.05, 0.1) is 24.8 Å². The summed E-state index contributed by atoms with van der Waals surface area (Å²) in [6, 6.07) is 0. The fraction of sp³-hybridized carbons (Fsp3) is 0.455. The van der Waals surface area contributed by atoms with E-state index < -0.39 is 5.69 Å². The van der Waals surface area contributed by atoms with E-state index in [9.17, 15) is 9.59 Å². The van der Waals surface area contributed by atoms with Gasteiger partial charge in [0.15, 0.2) is 0 Å². The lowest BCUT2D eigenvalue weighted by Gasteiger charge is -2.11. The van der Waals surface area contributed by atoms with Crippen LogP contribution in [0.25, 0.3) is 0 Å². The second-order valence-electron chi connectivity index (χ2n) is 4.44. The van der Waals surface area contributed by atoms with Crippen LogP contribution in [0.15, 0.2) is 22.0 Å². The number of hydrogen-bond donors (Lipinski definition) is 1. The van der Waals surface area contributed by atoms with Gasteiger partial charge in [-0.3, -0.25) is 19.0 Å². The number of nitrogens with one attached hydrogen (secondary N) is 1. The number of halogens is 1. The molecule has 7 nitrogen and oxygen atoms in total. The van der Waals surface area contributed by atoms with Gasteiger partial charge in [0.25, 0.3) is 5.56 Å². The van der Waals surface area contributed by atoms with Crippen LogP contribution in [-0.2, 0) is 13.1 Å². The Kier molecular flexibility index (Phi) is 3.84. The summed E-state index contributed by atoms with van der Waals surface area (Å²) >= 11 is 5.91. The lowest BCUT2D eigenvalue weighted by Crippen LogP contribution is -2.38. The van der Waals surface area contributed by atoms with Crippen LogP contribution in [0.5, 0.6) is 0 Å². The van der Waals surface area contributed by atoms with E-state index in [0.717, 1.165) is 4.57 Å². The molecule has 0 aromatic carbocycles. The van der Waals surface area contributed by atoms with Crippen molar-refractivity contribution < 1.29 is 0 Å². The summed E-state index contributed by atoms with van der Waals surface area (Å²) < 4.78 is 2.68. The van der Waals surface area contributed by atoms with Crippen molar-refractivity contribution in [1.82, 2.24) is 24.5 Å². The molecule has 0 amide bonds. The second-order valence-corrected chi connectivity index (χ2v) is 4.81. The first-order chi connectivity index (χ1) is 9.00. The van der Waals surface area contributed by atoms with Crippen LogP contribution in [0, 0.1) is 0 Å². The third-order valence-electron chi connectivity index (χ3n) is 2.78. The Balaban J connectivity index is 2.37. The van der Waals surface area contributed by atoms with Gasteiger partial charge in [-0.2, -0.15) is 0 Å². The van der Waals surface area contributed by atoms with Gasteiger partial charge in [0.1, 0.15) is 5.15 Å². The maximum Gasteiger partial charge on any atom is 0.329 e. The Morgan fingerprint density at radius 1 is 1.37 bits per heavy atom. The molecule has 2 rings (SSSR count). The predicted molar refractivity (Wildman–Crippen MR) is 70.4 cm³/mol. The summed E-state index contributed by atoms with van der Waals surface area (Å²) in [5.74, 6) is -0.0607. The summed E-state index contributed by atoms with van der Waals surface area (Å²) in [5.41, 5.74) is -0.455. The summed E-state index contributed by atoms with van der Waals surface area (Å²) in [5, 5.41) is 7.55. The van der Waals surface area contributed by atoms with Gasteiger partial charge in [-0.15, -0.1) is 5.10 Å². The van der Waals surface area contributed by atoms with E-state index in [4.69, 9.17) is 11.6 Å². The average molecular weight is 284 g/mol. The molecule has 0 fully saturated rings. The second kappa shape index (κ2) is 5.40. The molecule has 102 valence electrons. The average Bonchev–Trinajstić information content (AvgIpc) is 2.80. The highest BCUT2D eigenvalue weighted by molar-refractivity contribution is 6.30. The van der Waals surface area contributed by atoms with Crippen LogP contribution in [0.4, 0.5) is 0 Å². The Morgan fingerprint density at radius 3 is 2.68 bits per heavy atom. The molecule has 1 N–H and O–H groups in total. The number of H-pyrrole nitrogens is 1. The number of nitrogens with zero attached hydrogens (tertiary/aromatic N) is 4. The third kappa shape index (κ3) is 2.76. The van der Waals surface area contributed by atoms with E-state index in [2.05, 4.69) is 15.3 Å². The molecule has 0 spiro atoms. The number of aromatic nitrogens is 5. The first-order valence-corrected chi connectivity index (χ1v) is 6.25.